The molecule has 1 aliphatic rings. The fourth-order valence-electron chi connectivity index (χ4n) is 2.02. The smallest absolute Gasteiger partial charge is 0.304 e. The summed E-state index contributed by atoms with van der Waals surface area (Å²) in [5.41, 5.74) is 0. The molecule has 1 heterocycles. The van der Waals surface area contributed by atoms with Crippen LogP contribution in [0.3, 0.4) is 0 Å². The van der Waals surface area contributed by atoms with E-state index in [0.717, 1.165) is 13.1 Å². The molecule has 0 amide bonds. The van der Waals surface area contributed by atoms with Gasteiger partial charge in [0.05, 0.1) is 6.42 Å². The minimum absolute atomic E-state index is 0.103. The maximum Gasteiger partial charge on any atom is 0.304 e. The highest BCUT2D eigenvalue weighted by atomic mass is 16.4. The van der Waals surface area contributed by atoms with Crippen molar-refractivity contribution in [1.29, 1.82) is 0 Å². The van der Waals surface area contributed by atoms with Crippen LogP contribution in [0.25, 0.3) is 0 Å². The van der Waals surface area contributed by atoms with Crippen LogP contribution in [-0.4, -0.2) is 47.2 Å². The van der Waals surface area contributed by atoms with E-state index in [0.29, 0.717) is 12.1 Å². The maximum absolute atomic E-state index is 10.6. The first-order chi connectivity index (χ1) is 6.50. The lowest BCUT2D eigenvalue weighted by Crippen LogP contribution is -2.57. The van der Waals surface area contributed by atoms with Crippen LogP contribution in [0.4, 0.5) is 0 Å². The number of aliphatic carboxylic acids is 1. The normalized spacial score (nSPS) is 29.4. The highest BCUT2D eigenvalue weighted by Crippen LogP contribution is 2.12. The van der Waals surface area contributed by atoms with Crippen molar-refractivity contribution >= 4 is 5.97 Å². The van der Waals surface area contributed by atoms with Gasteiger partial charge in [-0.25, -0.2) is 0 Å². The molecule has 2 atom stereocenters. The molecule has 0 saturated carbocycles. The van der Waals surface area contributed by atoms with Crippen molar-refractivity contribution in [2.75, 3.05) is 13.1 Å². The number of nitrogens with one attached hydrogen (secondary N) is 1. The number of carboxylic acid groups (broad SMARTS) is 1. The summed E-state index contributed by atoms with van der Waals surface area (Å²) in [7, 11) is 0. The molecule has 4 nitrogen and oxygen atoms in total. The van der Waals surface area contributed by atoms with Gasteiger partial charge in [0.1, 0.15) is 0 Å². The van der Waals surface area contributed by atoms with Crippen LogP contribution >= 0.6 is 0 Å². The minimum atomic E-state index is -0.722. The number of rotatable bonds is 3. The number of hydrogen-bond acceptors (Lipinski definition) is 3. The summed E-state index contributed by atoms with van der Waals surface area (Å²) in [6.07, 6.45) is 0.218. The molecule has 1 saturated heterocycles. The van der Waals surface area contributed by atoms with Gasteiger partial charge >= 0.3 is 5.97 Å². The third-order valence-corrected chi connectivity index (χ3v) is 2.78. The third kappa shape index (κ3) is 2.96. The Hall–Kier alpha value is -0.610. The maximum atomic E-state index is 10.6. The Morgan fingerprint density at radius 3 is 2.79 bits per heavy atom. The first-order valence-corrected chi connectivity index (χ1v) is 5.21. The van der Waals surface area contributed by atoms with Crippen LogP contribution in [0.1, 0.15) is 27.2 Å². The molecule has 2 unspecified atom stereocenters. The third-order valence-electron chi connectivity index (χ3n) is 2.78. The second kappa shape index (κ2) is 4.75. The molecule has 1 fully saturated rings. The zero-order valence-corrected chi connectivity index (χ0v) is 9.16. The summed E-state index contributed by atoms with van der Waals surface area (Å²) in [5, 5.41) is 12.0. The predicted octanol–water partition coefficient (Wildman–Crippen LogP) is 0.532. The van der Waals surface area contributed by atoms with Crippen molar-refractivity contribution in [2.45, 2.75) is 45.3 Å². The molecule has 4 heteroatoms. The predicted molar refractivity (Wildman–Crippen MR) is 55.3 cm³/mol. The summed E-state index contributed by atoms with van der Waals surface area (Å²) in [6, 6.07) is 1.09. The molecule has 0 aliphatic carbocycles. The average Bonchev–Trinajstić information content (AvgIpc) is 2.07. The second-order valence-electron chi connectivity index (χ2n) is 4.34. The van der Waals surface area contributed by atoms with Crippen molar-refractivity contribution in [3.63, 3.8) is 0 Å². The Morgan fingerprint density at radius 1 is 1.64 bits per heavy atom. The summed E-state index contributed by atoms with van der Waals surface area (Å²) in [6.45, 7) is 8.20. The summed E-state index contributed by atoms with van der Waals surface area (Å²) in [5.74, 6) is -0.722. The van der Waals surface area contributed by atoms with Gasteiger partial charge in [-0.3, -0.25) is 9.69 Å². The largest absolute Gasteiger partial charge is 0.481 e. The van der Waals surface area contributed by atoms with Crippen LogP contribution in [0.5, 0.6) is 0 Å². The fourth-order valence-corrected chi connectivity index (χ4v) is 2.02. The standard InChI is InChI=1S/C10H20N2O2/c1-7(2)12-6-9(4-10(13)14)11-5-8(12)3/h7-9,11H,4-6H2,1-3H3,(H,13,14). The van der Waals surface area contributed by atoms with E-state index in [-0.39, 0.29) is 12.5 Å². The molecule has 14 heavy (non-hydrogen) atoms. The fraction of sp³-hybridized carbons (Fsp3) is 0.900. The first kappa shape index (κ1) is 11.5. The van der Waals surface area contributed by atoms with E-state index in [1.165, 1.54) is 0 Å². The first-order valence-electron chi connectivity index (χ1n) is 5.21. The molecule has 82 valence electrons. The van der Waals surface area contributed by atoms with Gasteiger partial charge in [0.15, 0.2) is 0 Å². The van der Waals surface area contributed by atoms with Gasteiger partial charge in [0, 0.05) is 31.2 Å². The van der Waals surface area contributed by atoms with Crippen molar-refractivity contribution in [3.8, 4) is 0 Å². The summed E-state index contributed by atoms with van der Waals surface area (Å²) >= 11 is 0. The Bertz CT molecular complexity index is 206. The Balaban J connectivity index is 2.48. The lowest BCUT2D eigenvalue weighted by molar-refractivity contribution is -0.138. The SMILES string of the molecule is CC(C)N1CC(CC(=O)O)NCC1C. The van der Waals surface area contributed by atoms with Crippen LogP contribution in [0, 0.1) is 0 Å². The van der Waals surface area contributed by atoms with Crippen molar-refractivity contribution in [3.05, 3.63) is 0 Å². The minimum Gasteiger partial charge on any atom is -0.481 e. The van der Waals surface area contributed by atoms with Crippen LogP contribution in [0.15, 0.2) is 0 Å². The van der Waals surface area contributed by atoms with Crippen molar-refractivity contribution < 1.29 is 9.90 Å². The van der Waals surface area contributed by atoms with E-state index < -0.39 is 5.97 Å². The van der Waals surface area contributed by atoms with Crippen LogP contribution in [-0.2, 0) is 4.79 Å². The number of carboxylic acids is 1. The molecule has 2 N–H and O–H groups in total. The van der Waals surface area contributed by atoms with Crippen molar-refractivity contribution in [1.82, 2.24) is 10.2 Å². The van der Waals surface area contributed by atoms with E-state index in [1.54, 1.807) is 0 Å². The lowest BCUT2D eigenvalue weighted by Gasteiger charge is -2.40. The Kier molecular flexibility index (Phi) is 3.89. The molecule has 1 rings (SSSR count). The highest BCUT2D eigenvalue weighted by Gasteiger charge is 2.27. The van der Waals surface area contributed by atoms with Gasteiger partial charge in [0.2, 0.25) is 0 Å². The van der Waals surface area contributed by atoms with Gasteiger partial charge in [-0.2, -0.15) is 0 Å². The Labute approximate surface area is 85.3 Å². The highest BCUT2D eigenvalue weighted by molar-refractivity contribution is 5.67. The van der Waals surface area contributed by atoms with E-state index in [9.17, 15) is 4.79 Å². The van der Waals surface area contributed by atoms with Crippen LogP contribution < -0.4 is 5.32 Å². The van der Waals surface area contributed by atoms with Crippen molar-refractivity contribution in [2.24, 2.45) is 0 Å². The van der Waals surface area contributed by atoms with E-state index >= 15 is 0 Å². The van der Waals surface area contributed by atoms with Gasteiger partial charge < -0.3 is 10.4 Å². The molecule has 0 radical (unpaired) electrons. The van der Waals surface area contributed by atoms with Gasteiger partial charge in [0.25, 0.3) is 0 Å². The topological polar surface area (TPSA) is 52.6 Å². The van der Waals surface area contributed by atoms with Gasteiger partial charge in [-0.05, 0) is 20.8 Å². The quantitative estimate of drug-likeness (QED) is 0.698. The molecule has 0 aromatic heterocycles. The molecular weight excluding hydrogens is 180 g/mol. The van der Waals surface area contributed by atoms with E-state index in [2.05, 4.69) is 31.0 Å². The average molecular weight is 200 g/mol. The number of carbonyl (C=O) groups is 1. The monoisotopic (exact) mass is 200 g/mol. The van der Waals surface area contributed by atoms with Gasteiger partial charge in [-0.15, -0.1) is 0 Å². The molecule has 0 bridgehead atoms. The van der Waals surface area contributed by atoms with E-state index in [1.807, 2.05) is 0 Å². The molecule has 0 aromatic carbocycles. The lowest BCUT2D eigenvalue weighted by atomic mass is 10.1. The zero-order valence-electron chi connectivity index (χ0n) is 9.16. The number of piperazine rings is 1. The summed E-state index contributed by atoms with van der Waals surface area (Å²) in [4.78, 5) is 12.9. The van der Waals surface area contributed by atoms with Crippen LogP contribution in [0.2, 0.25) is 0 Å². The molecular formula is C10H20N2O2. The van der Waals surface area contributed by atoms with E-state index in [4.69, 9.17) is 5.11 Å². The molecule has 1 aliphatic heterocycles. The second-order valence-corrected chi connectivity index (χ2v) is 4.34. The molecule has 0 spiro atoms. The van der Waals surface area contributed by atoms with Gasteiger partial charge in [-0.1, -0.05) is 0 Å². The summed E-state index contributed by atoms with van der Waals surface area (Å²) < 4.78 is 0. The number of nitrogens with zero attached hydrogens (tertiary/aromatic N) is 1. The number of hydrogen-bond donors (Lipinski definition) is 2. The Morgan fingerprint density at radius 2 is 2.29 bits per heavy atom. The zero-order chi connectivity index (χ0) is 10.7. The molecule has 0 aromatic rings.